The van der Waals surface area contributed by atoms with Crippen LogP contribution in [-0.2, 0) is 13.6 Å². The van der Waals surface area contributed by atoms with Gasteiger partial charge in [0.25, 0.3) is 0 Å². The lowest BCUT2D eigenvalue weighted by molar-refractivity contribution is 0.0993. The van der Waals surface area contributed by atoms with Crippen molar-refractivity contribution in [2.24, 2.45) is 7.05 Å². The SMILES string of the molecule is CCC(=O)c1sc(N(C)Cc2nccn2C)cc1N. The van der Waals surface area contributed by atoms with Crippen LogP contribution in [0.4, 0.5) is 10.7 Å². The maximum Gasteiger partial charge on any atom is 0.174 e. The summed E-state index contributed by atoms with van der Waals surface area (Å²) in [7, 11) is 3.94. The zero-order valence-electron chi connectivity index (χ0n) is 11.4. The zero-order valence-corrected chi connectivity index (χ0v) is 12.2. The van der Waals surface area contributed by atoms with Gasteiger partial charge < -0.3 is 15.2 Å². The number of carbonyl (C=O) groups excluding carboxylic acids is 1. The monoisotopic (exact) mass is 278 g/mol. The van der Waals surface area contributed by atoms with Gasteiger partial charge in [0, 0.05) is 32.9 Å². The maximum absolute atomic E-state index is 11.7. The number of carbonyl (C=O) groups is 1. The first-order chi connectivity index (χ1) is 9.02. The van der Waals surface area contributed by atoms with E-state index in [2.05, 4.69) is 9.88 Å². The molecule has 0 aliphatic carbocycles. The second-order valence-electron chi connectivity index (χ2n) is 4.46. The van der Waals surface area contributed by atoms with Gasteiger partial charge in [0.15, 0.2) is 5.78 Å². The Morgan fingerprint density at radius 2 is 2.32 bits per heavy atom. The summed E-state index contributed by atoms with van der Waals surface area (Å²) in [5.41, 5.74) is 6.47. The molecule has 2 rings (SSSR count). The molecule has 0 atom stereocenters. The standard InChI is InChI=1S/C13H18N4OS/c1-4-10(18)13-9(14)7-12(19-13)17(3)8-11-15-5-6-16(11)2/h5-7H,4,8,14H2,1-3H3. The number of aryl methyl sites for hydroxylation is 1. The van der Waals surface area contributed by atoms with Gasteiger partial charge in [-0.3, -0.25) is 4.79 Å². The van der Waals surface area contributed by atoms with Crippen LogP contribution in [0.3, 0.4) is 0 Å². The second-order valence-corrected chi connectivity index (χ2v) is 5.49. The quantitative estimate of drug-likeness (QED) is 0.852. The molecule has 102 valence electrons. The Labute approximate surface area is 116 Å². The number of Topliss-reactive ketones (excluding diaryl/α,β-unsaturated/α-hetero) is 1. The predicted octanol–water partition coefficient (Wildman–Crippen LogP) is 2.29. The van der Waals surface area contributed by atoms with Gasteiger partial charge in [0.2, 0.25) is 0 Å². The van der Waals surface area contributed by atoms with Gasteiger partial charge in [-0.1, -0.05) is 6.92 Å². The third-order valence-corrected chi connectivity index (χ3v) is 4.30. The van der Waals surface area contributed by atoms with E-state index in [1.54, 1.807) is 6.20 Å². The first-order valence-corrected chi connectivity index (χ1v) is 6.94. The van der Waals surface area contributed by atoms with Gasteiger partial charge in [0.05, 0.1) is 22.1 Å². The van der Waals surface area contributed by atoms with E-state index >= 15 is 0 Å². The topological polar surface area (TPSA) is 64.2 Å². The first kappa shape index (κ1) is 13.6. The lowest BCUT2D eigenvalue weighted by atomic mass is 10.2. The molecular formula is C13H18N4OS. The van der Waals surface area contributed by atoms with Crippen molar-refractivity contribution in [3.05, 3.63) is 29.2 Å². The summed E-state index contributed by atoms with van der Waals surface area (Å²) in [4.78, 5) is 18.7. The van der Waals surface area contributed by atoms with Gasteiger partial charge in [-0.05, 0) is 6.07 Å². The summed E-state index contributed by atoms with van der Waals surface area (Å²) in [6, 6.07) is 1.86. The van der Waals surface area contributed by atoms with Gasteiger partial charge in [0.1, 0.15) is 5.82 Å². The molecule has 2 aromatic heterocycles. The van der Waals surface area contributed by atoms with Gasteiger partial charge in [-0.15, -0.1) is 11.3 Å². The van der Waals surface area contributed by atoms with E-state index in [1.165, 1.54) is 11.3 Å². The van der Waals surface area contributed by atoms with Crippen LogP contribution in [0.5, 0.6) is 0 Å². The highest BCUT2D eigenvalue weighted by Crippen LogP contribution is 2.32. The van der Waals surface area contributed by atoms with Crippen molar-refractivity contribution >= 4 is 27.8 Å². The number of aromatic nitrogens is 2. The smallest absolute Gasteiger partial charge is 0.174 e. The Hall–Kier alpha value is -1.82. The molecule has 0 bridgehead atoms. The average molecular weight is 278 g/mol. The molecule has 19 heavy (non-hydrogen) atoms. The van der Waals surface area contributed by atoms with E-state index in [1.807, 2.05) is 37.8 Å². The number of thiophene rings is 1. The lowest BCUT2D eigenvalue weighted by Crippen LogP contribution is -2.17. The second kappa shape index (κ2) is 5.44. The molecular weight excluding hydrogens is 260 g/mol. The van der Waals surface area contributed by atoms with Crippen molar-refractivity contribution in [1.29, 1.82) is 0 Å². The van der Waals surface area contributed by atoms with E-state index in [0.717, 1.165) is 10.8 Å². The first-order valence-electron chi connectivity index (χ1n) is 6.12. The molecule has 6 heteroatoms. The summed E-state index contributed by atoms with van der Waals surface area (Å²) >= 11 is 1.44. The van der Waals surface area contributed by atoms with Crippen molar-refractivity contribution < 1.29 is 4.79 Å². The van der Waals surface area contributed by atoms with E-state index in [-0.39, 0.29) is 5.78 Å². The largest absolute Gasteiger partial charge is 0.397 e. The molecule has 0 saturated carbocycles. The van der Waals surface area contributed by atoms with E-state index in [4.69, 9.17) is 5.73 Å². The van der Waals surface area contributed by atoms with Crippen molar-refractivity contribution in [2.75, 3.05) is 17.7 Å². The minimum atomic E-state index is 0.0964. The highest BCUT2D eigenvalue weighted by molar-refractivity contribution is 7.18. The Bertz CT molecular complexity index is 587. The van der Waals surface area contributed by atoms with Crippen LogP contribution in [-0.4, -0.2) is 22.4 Å². The van der Waals surface area contributed by atoms with Crippen LogP contribution in [0.25, 0.3) is 0 Å². The predicted molar refractivity (Wildman–Crippen MR) is 78.7 cm³/mol. The van der Waals surface area contributed by atoms with E-state index in [9.17, 15) is 4.79 Å². The summed E-state index contributed by atoms with van der Waals surface area (Å²) in [5, 5.41) is 0.984. The number of nitrogens with zero attached hydrogens (tertiary/aromatic N) is 3. The molecule has 0 fully saturated rings. The minimum Gasteiger partial charge on any atom is -0.397 e. The molecule has 5 nitrogen and oxygen atoms in total. The van der Waals surface area contributed by atoms with Crippen LogP contribution in [0.2, 0.25) is 0 Å². The lowest BCUT2D eigenvalue weighted by Gasteiger charge is -2.16. The summed E-state index contributed by atoms with van der Waals surface area (Å²) < 4.78 is 1.98. The number of rotatable bonds is 5. The third-order valence-electron chi connectivity index (χ3n) is 3.00. The van der Waals surface area contributed by atoms with E-state index < -0.39 is 0 Å². The van der Waals surface area contributed by atoms with Gasteiger partial charge >= 0.3 is 0 Å². The molecule has 0 unspecified atom stereocenters. The molecule has 2 N–H and O–H groups in total. The highest BCUT2D eigenvalue weighted by atomic mass is 32.1. The molecule has 0 aliphatic rings. The summed E-state index contributed by atoms with van der Waals surface area (Å²) in [5.74, 6) is 1.07. The highest BCUT2D eigenvalue weighted by Gasteiger charge is 2.15. The van der Waals surface area contributed by atoms with Crippen molar-refractivity contribution in [3.63, 3.8) is 0 Å². The summed E-state index contributed by atoms with van der Waals surface area (Å²) in [6.07, 6.45) is 4.17. The van der Waals surface area contributed by atoms with Crippen LogP contribution < -0.4 is 10.6 Å². The number of nitrogen functional groups attached to an aromatic ring is 1. The van der Waals surface area contributed by atoms with E-state index in [0.29, 0.717) is 23.5 Å². The van der Waals surface area contributed by atoms with Gasteiger partial charge in [-0.2, -0.15) is 0 Å². The molecule has 0 amide bonds. The van der Waals surface area contributed by atoms with Gasteiger partial charge in [-0.25, -0.2) is 4.98 Å². The average Bonchev–Trinajstić information content (AvgIpc) is 2.95. The normalized spacial score (nSPS) is 10.7. The zero-order chi connectivity index (χ0) is 14.0. The maximum atomic E-state index is 11.7. The molecule has 0 aliphatic heterocycles. The molecule has 2 heterocycles. The molecule has 0 saturated heterocycles. The fourth-order valence-corrected chi connectivity index (χ4v) is 2.85. The fraction of sp³-hybridized carbons (Fsp3) is 0.385. The molecule has 2 aromatic rings. The van der Waals surface area contributed by atoms with Crippen molar-refractivity contribution in [3.8, 4) is 0 Å². The third kappa shape index (κ3) is 2.78. The number of anilines is 2. The Morgan fingerprint density at radius 3 is 2.89 bits per heavy atom. The number of hydrogen-bond acceptors (Lipinski definition) is 5. The number of ketones is 1. The van der Waals surface area contributed by atoms with Crippen LogP contribution in [0, 0.1) is 0 Å². The Kier molecular flexibility index (Phi) is 3.90. The fourth-order valence-electron chi connectivity index (χ4n) is 1.80. The van der Waals surface area contributed by atoms with Crippen LogP contribution in [0.1, 0.15) is 28.8 Å². The minimum absolute atomic E-state index is 0.0964. The molecule has 0 spiro atoms. The van der Waals surface area contributed by atoms with Crippen LogP contribution >= 0.6 is 11.3 Å². The summed E-state index contributed by atoms with van der Waals surface area (Å²) in [6.45, 7) is 2.53. The number of nitrogens with two attached hydrogens (primary N) is 1. The van der Waals surface area contributed by atoms with Crippen molar-refractivity contribution in [2.45, 2.75) is 19.9 Å². The number of imidazole rings is 1. The number of hydrogen-bond donors (Lipinski definition) is 1. The molecule has 0 radical (unpaired) electrons. The van der Waals surface area contributed by atoms with Crippen molar-refractivity contribution in [1.82, 2.24) is 9.55 Å². The Balaban J connectivity index is 2.18. The van der Waals surface area contributed by atoms with Crippen LogP contribution in [0.15, 0.2) is 18.5 Å². The molecule has 0 aromatic carbocycles. The Morgan fingerprint density at radius 1 is 1.58 bits per heavy atom.